The summed E-state index contributed by atoms with van der Waals surface area (Å²) in [7, 11) is 1.63. The van der Waals surface area contributed by atoms with Crippen LogP contribution in [-0.2, 0) is 11.2 Å². The summed E-state index contributed by atoms with van der Waals surface area (Å²) >= 11 is 3.47. The maximum atomic E-state index is 10.3. The molecular weight excluding hydrogens is 272 g/mol. The summed E-state index contributed by atoms with van der Waals surface area (Å²) in [5, 5.41) is 8.51. The molecule has 88 valence electrons. The fourth-order valence-electron chi connectivity index (χ4n) is 1.45. The molecule has 0 amide bonds. The number of benzene rings is 1. The number of hydrogen-bond donors (Lipinski definition) is 1. The van der Waals surface area contributed by atoms with Gasteiger partial charge in [0.15, 0.2) is 0 Å². The van der Waals surface area contributed by atoms with E-state index in [0.717, 1.165) is 23.1 Å². The number of methoxy groups -OCH3 is 1. The van der Waals surface area contributed by atoms with Crippen LogP contribution in [0.1, 0.15) is 24.8 Å². The molecule has 0 unspecified atom stereocenters. The van der Waals surface area contributed by atoms with E-state index in [2.05, 4.69) is 15.9 Å². The normalized spacial score (nSPS) is 10.1. The number of halogens is 1. The number of ether oxygens (including phenoxy) is 1. The van der Waals surface area contributed by atoms with E-state index in [1.165, 1.54) is 5.56 Å². The molecule has 1 aromatic carbocycles. The molecule has 0 spiro atoms. The van der Waals surface area contributed by atoms with Gasteiger partial charge in [-0.1, -0.05) is 22.0 Å². The van der Waals surface area contributed by atoms with Gasteiger partial charge < -0.3 is 9.84 Å². The molecule has 0 saturated heterocycles. The zero-order valence-electron chi connectivity index (χ0n) is 9.20. The third-order valence-corrected chi connectivity index (χ3v) is 3.09. The lowest BCUT2D eigenvalue weighted by Crippen LogP contribution is -1.95. The molecule has 4 heteroatoms. The first-order chi connectivity index (χ1) is 7.63. The van der Waals surface area contributed by atoms with E-state index in [1.807, 2.05) is 18.2 Å². The van der Waals surface area contributed by atoms with Gasteiger partial charge in [0.2, 0.25) is 0 Å². The Labute approximate surface area is 104 Å². The number of carbonyl (C=O) groups is 1. The number of hydrogen-bond acceptors (Lipinski definition) is 2. The van der Waals surface area contributed by atoms with Crippen LogP contribution in [0, 0.1) is 0 Å². The Morgan fingerprint density at radius 2 is 2.19 bits per heavy atom. The summed E-state index contributed by atoms with van der Waals surface area (Å²) in [5.74, 6) is 0.0926. The van der Waals surface area contributed by atoms with Crippen LogP contribution in [0.3, 0.4) is 0 Å². The van der Waals surface area contributed by atoms with Crippen molar-refractivity contribution in [1.29, 1.82) is 0 Å². The minimum atomic E-state index is -0.728. The molecule has 0 radical (unpaired) electrons. The Morgan fingerprint density at radius 1 is 1.44 bits per heavy atom. The van der Waals surface area contributed by atoms with Gasteiger partial charge in [-0.3, -0.25) is 4.79 Å². The van der Waals surface area contributed by atoms with E-state index in [-0.39, 0.29) is 6.42 Å². The highest BCUT2D eigenvalue weighted by Crippen LogP contribution is 2.24. The van der Waals surface area contributed by atoms with Gasteiger partial charge in [0.1, 0.15) is 5.75 Å². The van der Waals surface area contributed by atoms with Crippen LogP contribution < -0.4 is 4.74 Å². The Morgan fingerprint density at radius 3 is 2.75 bits per heavy atom. The first-order valence-corrected chi connectivity index (χ1v) is 5.97. The predicted molar refractivity (Wildman–Crippen MR) is 65.9 cm³/mol. The maximum Gasteiger partial charge on any atom is 0.303 e. The average molecular weight is 287 g/mol. The molecule has 0 aromatic heterocycles. The summed E-state index contributed by atoms with van der Waals surface area (Å²) in [6.07, 6.45) is 2.73. The topological polar surface area (TPSA) is 46.5 Å². The van der Waals surface area contributed by atoms with Crippen molar-refractivity contribution in [1.82, 2.24) is 0 Å². The summed E-state index contributed by atoms with van der Waals surface area (Å²) in [4.78, 5) is 10.3. The van der Waals surface area contributed by atoms with Crippen LogP contribution in [-0.4, -0.2) is 18.2 Å². The average Bonchev–Trinajstić information content (AvgIpc) is 2.25. The Hall–Kier alpha value is -1.03. The number of unbranched alkanes of at least 4 members (excludes halogenated alkanes) is 1. The third-order valence-electron chi connectivity index (χ3n) is 2.35. The molecule has 1 rings (SSSR count). The minimum Gasteiger partial charge on any atom is -0.497 e. The van der Waals surface area contributed by atoms with Crippen molar-refractivity contribution in [3.8, 4) is 5.75 Å². The van der Waals surface area contributed by atoms with Gasteiger partial charge in [0.05, 0.1) is 7.11 Å². The molecule has 0 atom stereocenters. The highest BCUT2D eigenvalue weighted by molar-refractivity contribution is 9.10. The van der Waals surface area contributed by atoms with Crippen molar-refractivity contribution in [2.45, 2.75) is 25.7 Å². The molecule has 1 N–H and O–H groups in total. The predicted octanol–water partition coefficient (Wildman–Crippen LogP) is 3.26. The molecule has 3 nitrogen and oxygen atoms in total. The van der Waals surface area contributed by atoms with Gasteiger partial charge in [0, 0.05) is 10.9 Å². The summed E-state index contributed by atoms with van der Waals surface area (Å²) in [6.45, 7) is 0. The lowest BCUT2D eigenvalue weighted by molar-refractivity contribution is -0.137. The number of carboxylic acids is 1. The third kappa shape index (κ3) is 4.23. The fraction of sp³-hybridized carbons (Fsp3) is 0.417. The molecule has 1 aromatic rings. The Kier molecular flexibility index (Phi) is 5.32. The molecule has 0 aliphatic heterocycles. The smallest absolute Gasteiger partial charge is 0.303 e. The number of aliphatic carboxylic acids is 1. The van der Waals surface area contributed by atoms with Crippen molar-refractivity contribution in [2.24, 2.45) is 0 Å². The second-order valence-corrected chi connectivity index (χ2v) is 4.41. The van der Waals surface area contributed by atoms with E-state index in [1.54, 1.807) is 7.11 Å². The van der Waals surface area contributed by atoms with E-state index in [4.69, 9.17) is 9.84 Å². The lowest BCUT2D eigenvalue weighted by atomic mass is 10.1. The standard InChI is InChI=1S/C12H15BrO3/c1-16-10-7-6-9(11(13)8-10)4-2-3-5-12(14)15/h6-8H,2-5H2,1H3,(H,14,15). The second kappa shape index (κ2) is 6.53. The molecule has 16 heavy (non-hydrogen) atoms. The zero-order valence-corrected chi connectivity index (χ0v) is 10.8. The van der Waals surface area contributed by atoms with Gasteiger partial charge in [-0.25, -0.2) is 0 Å². The molecule has 0 fully saturated rings. The van der Waals surface area contributed by atoms with Crippen molar-refractivity contribution in [3.05, 3.63) is 28.2 Å². The van der Waals surface area contributed by atoms with E-state index in [9.17, 15) is 4.79 Å². The van der Waals surface area contributed by atoms with Crippen LogP contribution in [0.4, 0.5) is 0 Å². The van der Waals surface area contributed by atoms with E-state index < -0.39 is 5.97 Å². The highest BCUT2D eigenvalue weighted by Gasteiger charge is 2.03. The molecule has 0 saturated carbocycles. The monoisotopic (exact) mass is 286 g/mol. The lowest BCUT2D eigenvalue weighted by Gasteiger charge is -2.06. The van der Waals surface area contributed by atoms with Crippen molar-refractivity contribution in [2.75, 3.05) is 7.11 Å². The molecule has 0 aliphatic rings. The van der Waals surface area contributed by atoms with E-state index in [0.29, 0.717) is 6.42 Å². The van der Waals surface area contributed by atoms with Crippen LogP contribution >= 0.6 is 15.9 Å². The summed E-state index contributed by atoms with van der Waals surface area (Å²) in [5.41, 5.74) is 1.19. The Balaban J connectivity index is 2.45. The quantitative estimate of drug-likeness (QED) is 0.817. The van der Waals surface area contributed by atoms with E-state index >= 15 is 0 Å². The number of rotatable bonds is 6. The van der Waals surface area contributed by atoms with Gasteiger partial charge in [-0.05, 0) is 37.0 Å². The highest BCUT2D eigenvalue weighted by atomic mass is 79.9. The van der Waals surface area contributed by atoms with Crippen LogP contribution in [0.25, 0.3) is 0 Å². The van der Waals surface area contributed by atoms with Gasteiger partial charge in [-0.15, -0.1) is 0 Å². The van der Waals surface area contributed by atoms with Gasteiger partial charge >= 0.3 is 5.97 Å². The maximum absolute atomic E-state index is 10.3. The number of carboxylic acid groups (broad SMARTS) is 1. The Bertz CT molecular complexity index is 363. The van der Waals surface area contributed by atoms with Crippen molar-refractivity contribution < 1.29 is 14.6 Å². The van der Waals surface area contributed by atoms with Crippen molar-refractivity contribution in [3.63, 3.8) is 0 Å². The van der Waals surface area contributed by atoms with Crippen molar-refractivity contribution >= 4 is 21.9 Å². The first kappa shape index (κ1) is 13.0. The molecule has 0 heterocycles. The molecule has 0 aliphatic carbocycles. The zero-order chi connectivity index (χ0) is 12.0. The minimum absolute atomic E-state index is 0.244. The van der Waals surface area contributed by atoms with Crippen LogP contribution in [0.2, 0.25) is 0 Å². The molecular formula is C12H15BrO3. The molecule has 0 bridgehead atoms. The largest absolute Gasteiger partial charge is 0.497 e. The van der Waals surface area contributed by atoms with Crippen LogP contribution in [0.5, 0.6) is 5.75 Å². The summed E-state index contributed by atoms with van der Waals surface area (Å²) < 4.78 is 6.12. The summed E-state index contributed by atoms with van der Waals surface area (Å²) in [6, 6.07) is 5.84. The van der Waals surface area contributed by atoms with Gasteiger partial charge in [0.25, 0.3) is 0 Å². The first-order valence-electron chi connectivity index (χ1n) is 5.17. The van der Waals surface area contributed by atoms with Crippen LogP contribution in [0.15, 0.2) is 22.7 Å². The number of aryl methyl sites for hydroxylation is 1. The van der Waals surface area contributed by atoms with Gasteiger partial charge in [-0.2, -0.15) is 0 Å². The fourth-order valence-corrected chi connectivity index (χ4v) is 2.01. The second-order valence-electron chi connectivity index (χ2n) is 3.56. The SMILES string of the molecule is COc1ccc(CCCCC(=O)O)c(Br)c1.